The van der Waals surface area contributed by atoms with Gasteiger partial charge in [0.25, 0.3) is 11.8 Å². The monoisotopic (exact) mass is 400 g/mol. The Hall–Kier alpha value is -3.37. The van der Waals surface area contributed by atoms with Gasteiger partial charge in [-0.2, -0.15) is 0 Å². The fraction of sp³-hybridized carbons (Fsp3) is 0.0833. The largest absolute Gasteiger partial charge is 0.336 e. The molecular weight excluding hydrogens is 384 g/mol. The Morgan fingerprint density at radius 3 is 2.14 bits per heavy atom. The number of amides is 2. The third kappa shape index (κ3) is 2.76. The van der Waals surface area contributed by atoms with E-state index in [1.807, 2.05) is 53.4 Å². The highest BCUT2D eigenvalue weighted by atomic mass is 35.5. The zero-order chi connectivity index (χ0) is 20.0. The molecule has 2 amide bonds. The summed E-state index contributed by atoms with van der Waals surface area (Å²) in [5.41, 5.74) is 4.08. The van der Waals surface area contributed by atoms with Crippen LogP contribution in [0.25, 0.3) is 5.57 Å². The summed E-state index contributed by atoms with van der Waals surface area (Å²) in [5.74, 6) is -0.702. The highest BCUT2D eigenvalue weighted by Gasteiger charge is 2.44. The van der Waals surface area contributed by atoms with E-state index in [-0.39, 0.29) is 11.8 Å². The molecular formula is C24H17ClN2O2. The Balaban J connectivity index is 1.70. The fourth-order valence-electron chi connectivity index (χ4n) is 4.06. The van der Waals surface area contributed by atoms with Gasteiger partial charge in [-0.25, -0.2) is 4.90 Å². The molecule has 29 heavy (non-hydrogen) atoms. The second-order valence-electron chi connectivity index (χ2n) is 7.02. The van der Waals surface area contributed by atoms with Crippen LogP contribution in [0.4, 0.5) is 11.4 Å². The average Bonchev–Trinajstić information content (AvgIpc) is 3.27. The molecule has 4 nitrogen and oxygen atoms in total. The van der Waals surface area contributed by atoms with Gasteiger partial charge in [0.05, 0.1) is 16.3 Å². The highest BCUT2D eigenvalue weighted by molar-refractivity contribution is 6.48. The van der Waals surface area contributed by atoms with Crippen molar-refractivity contribution in [3.8, 4) is 0 Å². The molecule has 0 saturated heterocycles. The number of carbonyl (C=O) groups excluding carboxylic acids is 2. The van der Waals surface area contributed by atoms with E-state index in [1.165, 1.54) is 10.5 Å². The van der Waals surface area contributed by atoms with E-state index >= 15 is 0 Å². The molecule has 0 unspecified atom stereocenters. The van der Waals surface area contributed by atoms with Crippen molar-refractivity contribution in [1.29, 1.82) is 0 Å². The molecule has 0 aromatic heterocycles. The van der Waals surface area contributed by atoms with E-state index in [9.17, 15) is 9.59 Å². The summed E-state index contributed by atoms with van der Waals surface area (Å²) in [6.07, 6.45) is 0.829. The van der Waals surface area contributed by atoms with Gasteiger partial charge < -0.3 is 4.90 Å². The number of para-hydroxylation sites is 2. The topological polar surface area (TPSA) is 40.6 Å². The fourth-order valence-corrected chi connectivity index (χ4v) is 4.28. The van der Waals surface area contributed by atoms with Crippen LogP contribution in [0.5, 0.6) is 0 Å². The number of halogens is 1. The summed E-state index contributed by atoms with van der Waals surface area (Å²) in [5, 5.41) is 0.365. The van der Waals surface area contributed by atoms with Gasteiger partial charge in [0.2, 0.25) is 0 Å². The van der Waals surface area contributed by atoms with Crippen molar-refractivity contribution in [2.24, 2.45) is 0 Å². The number of hydrogen-bond acceptors (Lipinski definition) is 3. The van der Waals surface area contributed by atoms with E-state index in [1.54, 1.807) is 24.3 Å². The first kappa shape index (κ1) is 17.7. The zero-order valence-electron chi connectivity index (χ0n) is 15.5. The molecule has 0 radical (unpaired) electrons. The molecule has 5 rings (SSSR count). The number of fused-ring (bicyclic) bond motifs is 1. The van der Waals surface area contributed by atoms with Crippen molar-refractivity contribution < 1.29 is 9.59 Å². The summed E-state index contributed by atoms with van der Waals surface area (Å²) in [6.45, 7) is 0.653. The van der Waals surface area contributed by atoms with Crippen molar-refractivity contribution in [1.82, 2.24) is 0 Å². The molecule has 2 aliphatic rings. The van der Waals surface area contributed by atoms with Crippen LogP contribution in [-0.4, -0.2) is 18.4 Å². The molecule has 0 aliphatic carbocycles. The predicted octanol–water partition coefficient (Wildman–Crippen LogP) is 4.69. The van der Waals surface area contributed by atoms with Crippen LogP contribution in [0, 0.1) is 0 Å². The number of hydrogen-bond donors (Lipinski definition) is 0. The van der Waals surface area contributed by atoms with Crippen LogP contribution < -0.4 is 9.80 Å². The predicted molar refractivity (Wildman–Crippen MR) is 115 cm³/mol. The first-order valence-electron chi connectivity index (χ1n) is 9.45. The Morgan fingerprint density at radius 2 is 1.38 bits per heavy atom. The van der Waals surface area contributed by atoms with E-state index in [0.717, 1.165) is 17.7 Å². The van der Waals surface area contributed by atoms with E-state index in [4.69, 9.17) is 11.6 Å². The summed E-state index contributed by atoms with van der Waals surface area (Å²) >= 11 is 6.34. The zero-order valence-corrected chi connectivity index (χ0v) is 16.3. The number of imide groups is 1. The van der Waals surface area contributed by atoms with Gasteiger partial charge in [-0.05, 0) is 35.7 Å². The van der Waals surface area contributed by atoms with Gasteiger partial charge in [0.1, 0.15) is 5.70 Å². The van der Waals surface area contributed by atoms with Gasteiger partial charge in [-0.15, -0.1) is 0 Å². The molecule has 0 N–H and O–H groups in total. The number of anilines is 2. The minimum atomic E-state index is -0.353. The van der Waals surface area contributed by atoms with Gasteiger partial charge in [0, 0.05) is 12.2 Å². The minimum Gasteiger partial charge on any atom is -0.336 e. The third-order valence-corrected chi connectivity index (χ3v) is 5.69. The number of carbonyl (C=O) groups is 2. The van der Waals surface area contributed by atoms with E-state index in [0.29, 0.717) is 28.5 Å². The Kier molecular flexibility index (Phi) is 4.22. The molecule has 2 aliphatic heterocycles. The molecule has 0 spiro atoms. The van der Waals surface area contributed by atoms with Crippen molar-refractivity contribution in [2.45, 2.75) is 6.42 Å². The lowest BCUT2D eigenvalue weighted by molar-refractivity contribution is -0.120. The van der Waals surface area contributed by atoms with Gasteiger partial charge >= 0.3 is 0 Å². The first-order chi connectivity index (χ1) is 14.2. The first-order valence-corrected chi connectivity index (χ1v) is 9.83. The maximum absolute atomic E-state index is 13.6. The molecule has 2 heterocycles. The van der Waals surface area contributed by atoms with Crippen LogP contribution >= 0.6 is 11.6 Å². The quantitative estimate of drug-likeness (QED) is 0.599. The van der Waals surface area contributed by atoms with Crippen LogP contribution in [0.2, 0.25) is 5.02 Å². The lowest BCUT2D eigenvalue weighted by Gasteiger charge is -2.22. The molecule has 0 fully saturated rings. The van der Waals surface area contributed by atoms with Gasteiger partial charge in [-0.1, -0.05) is 72.3 Å². The second kappa shape index (κ2) is 6.90. The Bertz CT molecular complexity index is 1170. The lowest BCUT2D eigenvalue weighted by atomic mass is 10.0. The Labute approximate surface area is 173 Å². The van der Waals surface area contributed by atoms with Crippen molar-refractivity contribution in [2.75, 3.05) is 16.3 Å². The maximum Gasteiger partial charge on any atom is 0.282 e. The van der Waals surface area contributed by atoms with Gasteiger partial charge in [0.15, 0.2) is 0 Å². The number of rotatable bonds is 3. The average molecular weight is 401 g/mol. The maximum atomic E-state index is 13.6. The third-order valence-electron chi connectivity index (χ3n) is 5.37. The summed E-state index contributed by atoms with van der Waals surface area (Å²) in [6, 6.07) is 24.3. The van der Waals surface area contributed by atoms with Gasteiger partial charge in [-0.3, -0.25) is 9.59 Å². The Morgan fingerprint density at radius 1 is 0.724 bits per heavy atom. The van der Waals surface area contributed by atoms with Crippen LogP contribution in [-0.2, 0) is 16.0 Å². The molecule has 142 valence electrons. The van der Waals surface area contributed by atoms with Crippen LogP contribution in [0.1, 0.15) is 11.1 Å². The summed E-state index contributed by atoms with van der Waals surface area (Å²) in [7, 11) is 0. The van der Waals surface area contributed by atoms with Crippen molar-refractivity contribution in [3.63, 3.8) is 0 Å². The van der Waals surface area contributed by atoms with Crippen LogP contribution in [0.3, 0.4) is 0 Å². The summed E-state index contributed by atoms with van der Waals surface area (Å²) in [4.78, 5) is 30.3. The molecule has 5 heteroatoms. The summed E-state index contributed by atoms with van der Waals surface area (Å²) < 4.78 is 0. The standard InChI is InChI=1S/C24H17ClN2O2/c25-18-11-5-7-13-20(18)27-23(28)21(17-9-2-1-3-10-17)22(24(27)29)26-15-14-16-8-4-6-12-19(16)26/h1-13H,14-15H2. The number of nitrogens with zero attached hydrogens (tertiary/aromatic N) is 2. The molecule has 3 aromatic carbocycles. The van der Waals surface area contributed by atoms with Crippen molar-refractivity contribution in [3.05, 3.63) is 101 Å². The second-order valence-corrected chi connectivity index (χ2v) is 7.42. The molecule has 0 atom stereocenters. The smallest absolute Gasteiger partial charge is 0.282 e. The SMILES string of the molecule is O=C1C(c2ccccc2)=C(N2CCc3ccccc32)C(=O)N1c1ccccc1Cl. The molecule has 0 bridgehead atoms. The van der Waals surface area contributed by atoms with Crippen LogP contribution in [0.15, 0.2) is 84.6 Å². The molecule has 0 saturated carbocycles. The number of benzene rings is 3. The van der Waals surface area contributed by atoms with Crippen molar-refractivity contribution >= 4 is 40.4 Å². The van der Waals surface area contributed by atoms with E-state index in [2.05, 4.69) is 6.07 Å². The lowest BCUT2D eigenvalue weighted by Crippen LogP contribution is -2.35. The molecule has 3 aromatic rings. The van der Waals surface area contributed by atoms with E-state index < -0.39 is 0 Å². The normalized spacial score (nSPS) is 16.0. The highest BCUT2D eigenvalue weighted by Crippen LogP contribution is 2.41. The minimum absolute atomic E-state index is 0.348.